The number of halogens is 2. The molecule has 2 rings (SSSR count). The van der Waals surface area contributed by atoms with Gasteiger partial charge in [-0.1, -0.05) is 12.1 Å². The van der Waals surface area contributed by atoms with Crippen LogP contribution in [-0.2, 0) is 9.84 Å². The van der Waals surface area contributed by atoms with Gasteiger partial charge in [0, 0.05) is 17.6 Å². The molecule has 0 amide bonds. The second-order valence-corrected chi connectivity index (χ2v) is 6.66. The topological polar surface area (TPSA) is 76.0 Å². The first kappa shape index (κ1) is 17.7. The van der Waals surface area contributed by atoms with E-state index >= 15 is 0 Å². The molecule has 4 nitrogen and oxygen atoms in total. The van der Waals surface area contributed by atoms with Crippen LogP contribution < -0.4 is 5.73 Å². The van der Waals surface area contributed by atoms with Gasteiger partial charge in [0.05, 0.1) is 10.4 Å². The van der Waals surface area contributed by atoms with Gasteiger partial charge in [-0.15, -0.1) is 12.4 Å². The zero-order valence-corrected chi connectivity index (χ0v) is 13.4. The lowest BCUT2D eigenvalue weighted by atomic mass is 10.1. The van der Waals surface area contributed by atoms with Gasteiger partial charge in [0.25, 0.3) is 0 Å². The molecule has 0 saturated heterocycles. The minimum Gasteiger partial charge on any atom is -0.357 e. The van der Waals surface area contributed by atoms with Crippen molar-refractivity contribution in [2.75, 3.05) is 12.3 Å². The number of aromatic nitrogens is 1. The Balaban J connectivity index is 0.00000220. The molecule has 1 aromatic heterocycles. The minimum atomic E-state index is -3.74. The average Bonchev–Trinajstić information content (AvgIpc) is 2.65. The molecular formula is C14H18ClFN2O2S. The molecule has 0 spiro atoms. The number of aromatic amines is 1. The summed E-state index contributed by atoms with van der Waals surface area (Å²) in [4.78, 5) is 3.18. The average molecular weight is 333 g/mol. The van der Waals surface area contributed by atoms with Gasteiger partial charge in [0.2, 0.25) is 0 Å². The van der Waals surface area contributed by atoms with Crippen molar-refractivity contribution in [2.45, 2.75) is 18.7 Å². The molecule has 0 atom stereocenters. The molecule has 0 fully saturated rings. The first-order valence-electron chi connectivity index (χ1n) is 6.22. The summed E-state index contributed by atoms with van der Waals surface area (Å²) in [6, 6.07) is 5.00. The van der Waals surface area contributed by atoms with E-state index in [-0.39, 0.29) is 23.8 Å². The summed E-state index contributed by atoms with van der Waals surface area (Å²) in [6.07, 6.45) is 1.07. The van der Waals surface area contributed by atoms with Crippen LogP contribution in [0.5, 0.6) is 0 Å². The number of fused-ring (bicyclic) bond motifs is 1. The Labute approximate surface area is 129 Å². The van der Waals surface area contributed by atoms with Gasteiger partial charge in [0.15, 0.2) is 9.84 Å². The molecule has 0 radical (unpaired) electrons. The van der Waals surface area contributed by atoms with Crippen molar-refractivity contribution in [3.05, 3.63) is 41.4 Å². The Morgan fingerprint density at radius 1 is 1.38 bits per heavy atom. The first-order valence-corrected chi connectivity index (χ1v) is 7.87. The molecule has 0 aliphatic carbocycles. The number of para-hydroxylation sites is 1. The van der Waals surface area contributed by atoms with Crippen LogP contribution in [0.1, 0.15) is 11.3 Å². The molecule has 0 aliphatic heterocycles. The second-order valence-electron chi connectivity index (χ2n) is 4.70. The lowest BCUT2D eigenvalue weighted by Gasteiger charge is -2.05. The van der Waals surface area contributed by atoms with E-state index in [2.05, 4.69) is 4.98 Å². The number of H-pyrrole nitrogens is 1. The standard InChI is InChI=1S/C14H17FN2O2S.ClH/c1-9-10(2)17-14-12(9)4-3-5-13(14)20(18,19)8-11(15)6-7-16;/h3-6,17H,7-8,16H2,1-2H3;1H/b11-6-;. The maximum atomic E-state index is 13.5. The third-order valence-corrected chi connectivity index (χ3v) is 4.97. The van der Waals surface area contributed by atoms with Crippen molar-refractivity contribution in [3.63, 3.8) is 0 Å². The summed E-state index contributed by atoms with van der Waals surface area (Å²) < 4.78 is 38.1. The zero-order chi connectivity index (χ0) is 14.9. The van der Waals surface area contributed by atoms with E-state index in [1.54, 1.807) is 6.07 Å². The molecule has 0 aliphatic rings. The monoisotopic (exact) mass is 332 g/mol. The van der Waals surface area contributed by atoms with E-state index in [1.165, 1.54) is 6.07 Å². The molecule has 7 heteroatoms. The summed E-state index contributed by atoms with van der Waals surface area (Å²) in [5.41, 5.74) is 7.61. The van der Waals surface area contributed by atoms with Crippen LogP contribution in [0.4, 0.5) is 4.39 Å². The highest BCUT2D eigenvalue weighted by Crippen LogP contribution is 2.28. The van der Waals surface area contributed by atoms with Gasteiger partial charge in [-0.25, -0.2) is 12.8 Å². The van der Waals surface area contributed by atoms with Crippen LogP contribution >= 0.6 is 12.4 Å². The molecule has 116 valence electrons. The van der Waals surface area contributed by atoms with Gasteiger partial charge in [-0.3, -0.25) is 0 Å². The van der Waals surface area contributed by atoms with E-state index < -0.39 is 21.4 Å². The Hall–Kier alpha value is -1.37. The van der Waals surface area contributed by atoms with Crippen molar-refractivity contribution in [3.8, 4) is 0 Å². The third-order valence-electron chi connectivity index (χ3n) is 3.31. The van der Waals surface area contributed by atoms with Gasteiger partial charge >= 0.3 is 0 Å². The Bertz CT molecular complexity index is 782. The Morgan fingerprint density at radius 3 is 2.67 bits per heavy atom. The Kier molecular flexibility index (Phi) is 5.55. The summed E-state index contributed by atoms with van der Waals surface area (Å²) in [5.74, 6) is -1.40. The Morgan fingerprint density at radius 2 is 2.05 bits per heavy atom. The van der Waals surface area contributed by atoms with Crippen LogP contribution in [0.3, 0.4) is 0 Å². The van der Waals surface area contributed by atoms with Crippen LogP contribution in [0.25, 0.3) is 10.9 Å². The molecule has 21 heavy (non-hydrogen) atoms. The molecule has 2 aromatic rings. The van der Waals surface area contributed by atoms with Crippen LogP contribution in [0.2, 0.25) is 0 Å². The SMILES string of the molecule is Cc1[nH]c2c(S(=O)(=O)C/C(F)=C/CN)cccc2c1C.Cl. The molecular weight excluding hydrogens is 315 g/mol. The summed E-state index contributed by atoms with van der Waals surface area (Å²) >= 11 is 0. The molecule has 0 unspecified atom stereocenters. The molecule has 0 saturated carbocycles. The number of hydrogen-bond donors (Lipinski definition) is 2. The summed E-state index contributed by atoms with van der Waals surface area (Å²) in [6.45, 7) is 3.77. The lowest BCUT2D eigenvalue weighted by molar-refractivity contribution is 0.583. The first-order chi connectivity index (χ1) is 9.36. The van der Waals surface area contributed by atoms with Gasteiger partial charge in [0.1, 0.15) is 11.6 Å². The number of nitrogens with one attached hydrogen (secondary N) is 1. The number of hydrogen-bond acceptors (Lipinski definition) is 3. The van der Waals surface area contributed by atoms with E-state index in [1.807, 2.05) is 19.9 Å². The van der Waals surface area contributed by atoms with Crippen molar-refractivity contribution >= 4 is 33.1 Å². The third kappa shape index (κ3) is 3.45. The molecule has 1 aromatic carbocycles. The second kappa shape index (κ2) is 6.60. The summed E-state index contributed by atoms with van der Waals surface area (Å²) in [7, 11) is -3.74. The van der Waals surface area contributed by atoms with Crippen molar-refractivity contribution in [2.24, 2.45) is 5.73 Å². The van der Waals surface area contributed by atoms with Crippen LogP contribution in [0, 0.1) is 13.8 Å². The summed E-state index contributed by atoms with van der Waals surface area (Å²) in [5, 5.41) is 0.840. The minimum absolute atomic E-state index is 0. The van der Waals surface area contributed by atoms with E-state index in [0.717, 1.165) is 22.7 Å². The highest BCUT2D eigenvalue weighted by atomic mass is 35.5. The van der Waals surface area contributed by atoms with Gasteiger partial charge in [-0.05, 0) is 31.6 Å². The highest BCUT2D eigenvalue weighted by Gasteiger charge is 2.21. The lowest BCUT2D eigenvalue weighted by Crippen LogP contribution is -2.09. The largest absolute Gasteiger partial charge is 0.357 e. The van der Waals surface area contributed by atoms with Crippen LogP contribution in [0.15, 0.2) is 35.0 Å². The van der Waals surface area contributed by atoms with E-state index in [9.17, 15) is 12.8 Å². The zero-order valence-electron chi connectivity index (χ0n) is 11.8. The number of aryl methyl sites for hydroxylation is 2. The van der Waals surface area contributed by atoms with E-state index in [4.69, 9.17) is 5.73 Å². The van der Waals surface area contributed by atoms with Crippen molar-refractivity contribution in [1.82, 2.24) is 4.98 Å². The number of benzene rings is 1. The normalized spacial score (nSPS) is 12.5. The van der Waals surface area contributed by atoms with Crippen molar-refractivity contribution in [1.29, 1.82) is 0 Å². The number of sulfone groups is 1. The van der Waals surface area contributed by atoms with Gasteiger partial charge < -0.3 is 10.7 Å². The maximum absolute atomic E-state index is 13.5. The fourth-order valence-corrected chi connectivity index (χ4v) is 3.56. The molecule has 1 heterocycles. The predicted octanol–water partition coefficient (Wildman–Crippen LogP) is 2.79. The fourth-order valence-electron chi connectivity index (χ4n) is 2.16. The van der Waals surface area contributed by atoms with Gasteiger partial charge in [-0.2, -0.15) is 0 Å². The molecule has 3 N–H and O–H groups in total. The fraction of sp³-hybridized carbons (Fsp3) is 0.286. The molecule has 0 bridgehead atoms. The maximum Gasteiger partial charge on any atom is 0.186 e. The highest BCUT2D eigenvalue weighted by molar-refractivity contribution is 7.91. The number of nitrogens with two attached hydrogens (primary N) is 1. The predicted molar refractivity (Wildman–Crippen MR) is 85.3 cm³/mol. The van der Waals surface area contributed by atoms with Crippen molar-refractivity contribution < 1.29 is 12.8 Å². The smallest absolute Gasteiger partial charge is 0.186 e. The van der Waals surface area contributed by atoms with Crippen LogP contribution in [-0.4, -0.2) is 25.7 Å². The quantitative estimate of drug-likeness (QED) is 0.904. The van der Waals surface area contributed by atoms with E-state index in [0.29, 0.717) is 5.52 Å². The number of rotatable bonds is 4.